The molecule has 0 bridgehead atoms. The summed E-state index contributed by atoms with van der Waals surface area (Å²) in [4.78, 5) is 12.8. The lowest BCUT2D eigenvalue weighted by Gasteiger charge is -2.32. The number of rotatable bonds is 6. The number of amides is 1. The van der Waals surface area contributed by atoms with Crippen LogP contribution in [-0.2, 0) is 27.7 Å². The highest BCUT2D eigenvalue weighted by atomic mass is 32.2. The Morgan fingerprint density at radius 3 is 2.65 bits per heavy atom. The molecule has 0 saturated carbocycles. The van der Waals surface area contributed by atoms with Gasteiger partial charge < -0.3 is 9.73 Å². The molecule has 31 heavy (non-hydrogen) atoms. The highest BCUT2D eigenvalue weighted by Gasteiger charge is 2.30. The van der Waals surface area contributed by atoms with Crippen LogP contribution in [0.5, 0.6) is 0 Å². The van der Waals surface area contributed by atoms with Crippen molar-refractivity contribution in [3.05, 3.63) is 59.9 Å². The maximum Gasteiger partial charge on any atom is 0.243 e. The minimum Gasteiger partial charge on any atom is -0.464 e. The first kappa shape index (κ1) is 21.6. The van der Waals surface area contributed by atoms with Crippen LogP contribution < -0.4 is 5.32 Å². The quantitative estimate of drug-likeness (QED) is 0.600. The monoisotopic (exact) mass is 440 g/mol. The van der Waals surface area contributed by atoms with E-state index in [1.807, 2.05) is 19.1 Å². The molecule has 1 saturated heterocycles. The Balaban J connectivity index is 1.45. The molecule has 0 spiro atoms. The zero-order valence-electron chi connectivity index (χ0n) is 17.9. The van der Waals surface area contributed by atoms with Gasteiger partial charge in [-0.2, -0.15) is 4.31 Å². The minimum absolute atomic E-state index is 0.0103. The van der Waals surface area contributed by atoms with Crippen LogP contribution in [0.2, 0.25) is 0 Å². The molecule has 1 aliphatic rings. The van der Waals surface area contributed by atoms with Gasteiger partial charge in [-0.15, -0.1) is 0 Å². The van der Waals surface area contributed by atoms with Gasteiger partial charge in [-0.1, -0.05) is 19.4 Å². The van der Waals surface area contributed by atoms with Crippen LogP contribution in [-0.4, -0.2) is 31.2 Å². The zero-order chi connectivity index (χ0) is 22.0. The standard InChI is InChI=1S/C24H28N2O4S/c1-3-18-7-12-23-22(14-18)19(16-30-23)15-24(27)25-20-8-10-21(11-9-20)31(28,29)26-13-5-4-6-17(26)2/h7-12,14,16-17H,3-6,13,15H2,1-2H3,(H,25,27). The molecule has 3 aromatic rings. The Bertz CT molecular complexity index is 1180. The van der Waals surface area contributed by atoms with Crippen LogP contribution >= 0.6 is 0 Å². The third kappa shape index (κ3) is 4.52. The normalized spacial score (nSPS) is 17.7. The van der Waals surface area contributed by atoms with E-state index in [0.29, 0.717) is 12.2 Å². The van der Waals surface area contributed by atoms with Crippen molar-refractivity contribution in [1.29, 1.82) is 0 Å². The van der Waals surface area contributed by atoms with Gasteiger partial charge in [0.2, 0.25) is 15.9 Å². The van der Waals surface area contributed by atoms with Crippen LogP contribution in [0.15, 0.2) is 58.0 Å². The van der Waals surface area contributed by atoms with Gasteiger partial charge >= 0.3 is 0 Å². The van der Waals surface area contributed by atoms with Gasteiger partial charge in [-0.25, -0.2) is 8.42 Å². The van der Waals surface area contributed by atoms with Gasteiger partial charge in [0.1, 0.15) is 5.58 Å². The third-order valence-electron chi connectivity index (χ3n) is 5.96. The van der Waals surface area contributed by atoms with Crippen LogP contribution in [0.1, 0.15) is 44.2 Å². The lowest BCUT2D eigenvalue weighted by Crippen LogP contribution is -2.41. The summed E-state index contributed by atoms with van der Waals surface area (Å²) in [5, 5.41) is 3.80. The van der Waals surface area contributed by atoms with Gasteiger partial charge in [-0.3, -0.25) is 4.79 Å². The van der Waals surface area contributed by atoms with E-state index in [1.54, 1.807) is 34.8 Å². The summed E-state index contributed by atoms with van der Waals surface area (Å²) < 4.78 is 33.0. The number of nitrogens with zero attached hydrogens (tertiary/aromatic N) is 1. The van der Waals surface area contributed by atoms with E-state index < -0.39 is 10.0 Å². The van der Waals surface area contributed by atoms with E-state index in [4.69, 9.17) is 4.42 Å². The summed E-state index contributed by atoms with van der Waals surface area (Å²) in [5.74, 6) is -0.176. The maximum atomic E-state index is 12.9. The van der Waals surface area contributed by atoms with Crippen molar-refractivity contribution >= 4 is 32.6 Å². The molecule has 1 amide bonds. The van der Waals surface area contributed by atoms with Gasteiger partial charge in [0.05, 0.1) is 17.6 Å². The number of nitrogens with one attached hydrogen (secondary N) is 1. The molecule has 0 aliphatic carbocycles. The molecule has 1 aliphatic heterocycles. The number of anilines is 1. The molecule has 0 radical (unpaired) electrons. The smallest absolute Gasteiger partial charge is 0.243 e. The first-order valence-corrected chi connectivity index (χ1v) is 12.2. The predicted molar refractivity (Wildman–Crippen MR) is 122 cm³/mol. The number of carbonyl (C=O) groups is 1. The van der Waals surface area contributed by atoms with Crippen LogP contribution in [0.3, 0.4) is 0 Å². The van der Waals surface area contributed by atoms with Crippen molar-refractivity contribution in [2.24, 2.45) is 0 Å². The average Bonchev–Trinajstić information content (AvgIpc) is 3.16. The predicted octanol–water partition coefficient (Wildman–Crippen LogP) is 4.74. The number of fused-ring (bicyclic) bond motifs is 1. The Labute approximate surface area is 183 Å². The van der Waals surface area contributed by atoms with Crippen LogP contribution in [0, 0.1) is 0 Å². The number of furan rings is 1. The number of hydrogen-bond donors (Lipinski definition) is 1. The summed E-state index contributed by atoms with van der Waals surface area (Å²) >= 11 is 0. The SMILES string of the molecule is CCc1ccc2occ(CC(=O)Nc3ccc(S(=O)(=O)N4CCCCC4C)cc3)c2c1. The molecule has 1 unspecified atom stereocenters. The van der Waals surface area contributed by atoms with Crippen molar-refractivity contribution in [3.8, 4) is 0 Å². The van der Waals surface area contributed by atoms with E-state index in [2.05, 4.69) is 18.3 Å². The first-order chi connectivity index (χ1) is 14.9. The average molecular weight is 441 g/mol. The second-order valence-electron chi connectivity index (χ2n) is 8.15. The zero-order valence-corrected chi connectivity index (χ0v) is 18.7. The molecule has 1 N–H and O–H groups in total. The van der Waals surface area contributed by atoms with Crippen molar-refractivity contribution in [2.75, 3.05) is 11.9 Å². The number of hydrogen-bond acceptors (Lipinski definition) is 4. The van der Waals surface area contributed by atoms with Gasteiger partial charge in [0.25, 0.3) is 0 Å². The number of piperidine rings is 1. The van der Waals surface area contributed by atoms with Gasteiger partial charge in [0.15, 0.2) is 0 Å². The second-order valence-corrected chi connectivity index (χ2v) is 10.0. The lowest BCUT2D eigenvalue weighted by molar-refractivity contribution is -0.115. The molecule has 2 heterocycles. The molecule has 1 atom stereocenters. The largest absolute Gasteiger partial charge is 0.464 e. The van der Waals surface area contributed by atoms with Gasteiger partial charge in [-0.05, 0) is 68.1 Å². The number of carbonyl (C=O) groups excluding carboxylic acids is 1. The molecular weight excluding hydrogens is 412 g/mol. The van der Waals surface area contributed by atoms with E-state index >= 15 is 0 Å². The van der Waals surface area contributed by atoms with Crippen molar-refractivity contribution in [1.82, 2.24) is 4.31 Å². The van der Waals surface area contributed by atoms with E-state index in [-0.39, 0.29) is 23.3 Å². The second kappa shape index (κ2) is 8.85. The van der Waals surface area contributed by atoms with E-state index in [0.717, 1.165) is 42.2 Å². The van der Waals surface area contributed by atoms with Crippen molar-refractivity contribution in [3.63, 3.8) is 0 Å². The Morgan fingerprint density at radius 1 is 1.16 bits per heavy atom. The summed E-state index contributed by atoms with van der Waals surface area (Å²) in [6, 6.07) is 12.4. The Hall–Kier alpha value is -2.64. The Morgan fingerprint density at radius 2 is 1.94 bits per heavy atom. The van der Waals surface area contributed by atoms with Crippen molar-refractivity contribution < 1.29 is 17.6 Å². The molecular formula is C24H28N2O4S. The highest BCUT2D eigenvalue weighted by molar-refractivity contribution is 7.89. The van der Waals surface area contributed by atoms with Gasteiger partial charge in [0, 0.05) is 29.2 Å². The molecule has 7 heteroatoms. The molecule has 2 aromatic carbocycles. The fraction of sp³-hybridized carbons (Fsp3) is 0.375. The molecule has 1 aromatic heterocycles. The summed E-state index contributed by atoms with van der Waals surface area (Å²) in [6.45, 7) is 4.60. The third-order valence-corrected chi connectivity index (χ3v) is 7.99. The topological polar surface area (TPSA) is 79.6 Å². The summed E-state index contributed by atoms with van der Waals surface area (Å²) in [5.41, 5.74) is 3.36. The van der Waals surface area contributed by atoms with Crippen LogP contribution in [0.25, 0.3) is 11.0 Å². The highest BCUT2D eigenvalue weighted by Crippen LogP contribution is 2.26. The van der Waals surface area contributed by atoms with E-state index in [1.165, 1.54) is 5.56 Å². The molecule has 6 nitrogen and oxygen atoms in total. The minimum atomic E-state index is -3.52. The summed E-state index contributed by atoms with van der Waals surface area (Å²) in [6.07, 6.45) is 5.56. The maximum absolute atomic E-state index is 12.9. The molecule has 4 rings (SSSR count). The van der Waals surface area contributed by atoms with Crippen LogP contribution in [0.4, 0.5) is 5.69 Å². The molecule has 164 valence electrons. The fourth-order valence-corrected chi connectivity index (χ4v) is 5.84. The number of benzene rings is 2. The molecule has 1 fully saturated rings. The lowest BCUT2D eigenvalue weighted by atomic mass is 10.1. The number of aryl methyl sites for hydroxylation is 1. The Kier molecular flexibility index (Phi) is 6.16. The first-order valence-electron chi connectivity index (χ1n) is 10.8. The number of sulfonamides is 1. The fourth-order valence-electron chi connectivity index (χ4n) is 4.14. The van der Waals surface area contributed by atoms with Crippen molar-refractivity contribution in [2.45, 2.75) is 56.9 Å². The summed E-state index contributed by atoms with van der Waals surface area (Å²) in [7, 11) is -3.52. The van der Waals surface area contributed by atoms with E-state index in [9.17, 15) is 13.2 Å².